The Labute approximate surface area is 230 Å². The van der Waals surface area contributed by atoms with E-state index >= 15 is 0 Å². The van der Waals surface area contributed by atoms with Crippen molar-refractivity contribution in [1.82, 2.24) is 14.9 Å². The molecule has 0 unspecified atom stereocenters. The van der Waals surface area contributed by atoms with Gasteiger partial charge in [-0.25, -0.2) is 9.59 Å². The Morgan fingerprint density at radius 1 is 0.875 bits per heavy atom. The highest BCUT2D eigenvalue weighted by atomic mass is 16.6. The van der Waals surface area contributed by atoms with Gasteiger partial charge in [-0.15, -0.1) is 15.3 Å². The van der Waals surface area contributed by atoms with Crippen LogP contribution in [0.1, 0.15) is 25.0 Å². The predicted molar refractivity (Wildman–Crippen MR) is 141 cm³/mol. The number of carbonyl (C=O) groups is 2. The molecule has 0 aliphatic carbocycles. The molecule has 0 aliphatic heterocycles. The second-order valence-corrected chi connectivity index (χ2v) is 7.70. The van der Waals surface area contributed by atoms with E-state index in [1.165, 1.54) is 25.2 Å². The predicted octanol–water partition coefficient (Wildman–Crippen LogP) is 3.35. The van der Waals surface area contributed by atoms with E-state index in [-0.39, 0.29) is 38.9 Å². The second kappa shape index (κ2) is 15.4. The minimum Gasteiger partial charge on any atom is -0.493 e. The lowest BCUT2D eigenvalue weighted by atomic mass is 10.2. The second-order valence-electron chi connectivity index (χ2n) is 7.70. The van der Waals surface area contributed by atoms with Gasteiger partial charge < -0.3 is 28.4 Å². The summed E-state index contributed by atoms with van der Waals surface area (Å²) in [6, 6.07) is 10.3. The Morgan fingerprint density at radius 3 is 2.12 bits per heavy atom. The highest BCUT2D eigenvalue weighted by Crippen LogP contribution is 2.29. The highest BCUT2D eigenvalue weighted by Gasteiger charge is 2.11. The minimum absolute atomic E-state index is 0.166. The summed E-state index contributed by atoms with van der Waals surface area (Å²) >= 11 is 0. The third-order valence-corrected chi connectivity index (χ3v) is 4.98. The topological polar surface area (TPSA) is 157 Å². The summed E-state index contributed by atoms with van der Waals surface area (Å²) in [7, 11) is 2.99. The third kappa shape index (κ3) is 8.79. The van der Waals surface area contributed by atoms with E-state index in [0.29, 0.717) is 28.6 Å². The van der Waals surface area contributed by atoms with Crippen LogP contribution in [0.15, 0.2) is 58.1 Å². The maximum absolute atomic E-state index is 11.5. The van der Waals surface area contributed by atoms with E-state index in [2.05, 4.69) is 25.5 Å². The Balaban J connectivity index is 1.62. The average Bonchev–Trinajstić information content (AvgIpc) is 3.41. The minimum atomic E-state index is -0.472. The zero-order valence-electron chi connectivity index (χ0n) is 22.6. The fourth-order valence-corrected chi connectivity index (χ4v) is 3.17. The molecule has 0 amide bonds. The van der Waals surface area contributed by atoms with Gasteiger partial charge in [0.2, 0.25) is 0 Å². The van der Waals surface area contributed by atoms with Crippen molar-refractivity contribution < 1.29 is 38.0 Å². The van der Waals surface area contributed by atoms with Crippen molar-refractivity contribution in [2.45, 2.75) is 20.4 Å². The van der Waals surface area contributed by atoms with Crippen molar-refractivity contribution in [3.05, 3.63) is 53.9 Å². The van der Waals surface area contributed by atoms with Crippen LogP contribution >= 0.6 is 0 Å². The molecular formula is C26H30N6O8. The summed E-state index contributed by atoms with van der Waals surface area (Å²) in [5.74, 6) is 0.884. The third-order valence-electron chi connectivity index (χ3n) is 4.98. The first kappa shape index (κ1) is 29.5. The normalized spacial score (nSPS) is 11.0. The molecule has 2 aromatic carbocycles. The van der Waals surface area contributed by atoms with Gasteiger partial charge in [0.05, 0.1) is 40.2 Å². The van der Waals surface area contributed by atoms with E-state index < -0.39 is 11.9 Å². The SMILES string of the molecule is CCOC(=O)COc1ccc(C=Nn2cnnc2N=NCc2ccc(OCC(=O)OCC)c(OC)c2)cc1OC. The quantitative estimate of drug-likeness (QED) is 0.155. The first-order valence-corrected chi connectivity index (χ1v) is 12.2. The molecule has 1 heterocycles. The molecule has 0 spiro atoms. The molecule has 0 saturated carbocycles. The van der Waals surface area contributed by atoms with Crippen molar-refractivity contribution in [1.29, 1.82) is 0 Å². The van der Waals surface area contributed by atoms with E-state index in [9.17, 15) is 9.59 Å². The Bertz CT molecular complexity index is 1340. The first-order valence-electron chi connectivity index (χ1n) is 12.2. The van der Waals surface area contributed by atoms with Crippen molar-refractivity contribution in [3.8, 4) is 23.0 Å². The molecule has 0 N–H and O–H groups in total. The van der Waals surface area contributed by atoms with Gasteiger partial charge in [0.25, 0.3) is 5.95 Å². The van der Waals surface area contributed by atoms with Gasteiger partial charge in [-0.3, -0.25) is 0 Å². The number of hydrogen-bond donors (Lipinski definition) is 0. The highest BCUT2D eigenvalue weighted by molar-refractivity contribution is 5.81. The monoisotopic (exact) mass is 554 g/mol. The molecule has 0 radical (unpaired) electrons. The van der Waals surface area contributed by atoms with Crippen LogP contribution in [0.2, 0.25) is 0 Å². The number of nitrogens with zero attached hydrogens (tertiary/aromatic N) is 6. The lowest BCUT2D eigenvalue weighted by Crippen LogP contribution is -2.14. The van der Waals surface area contributed by atoms with Crippen LogP contribution in [0, 0.1) is 0 Å². The first-order chi connectivity index (χ1) is 19.5. The van der Waals surface area contributed by atoms with Crippen LogP contribution in [-0.2, 0) is 25.6 Å². The van der Waals surface area contributed by atoms with Gasteiger partial charge >= 0.3 is 11.9 Å². The maximum atomic E-state index is 11.5. The van der Waals surface area contributed by atoms with Crippen LogP contribution in [-0.4, -0.2) is 73.7 Å². The number of carbonyl (C=O) groups excluding carboxylic acids is 2. The van der Waals surface area contributed by atoms with Gasteiger partial charge in [0.15, 0.2) is 36.2 Å². The molecule has 0 fully saturated rings. The summed E-state index contributed by atoms with van der Waals surface area (Å²) < 4.78 is 32.7. The van der Waals surface area contributed by atoms with E-state index in [4.69, 9.17) is 28.4 Å². The molecule has 0 saturated heterocycles. The number of benzene rings is 2. The zero-order chi connectivity index (χ0) is 28.7. The van der Waals surface area contributed by atoms with E-state index in [1.807, 2.05) is 0 Å². The van der Waals surface area contributed by atoms with Crippen LogP contribution in [0.5, 0.6) is 23.0 Å². The number of methoxy groups -OCH3 is 2. The van der Waals surface area contributed by atoms with Crippen molar-refractivity contribution >= 4 is 24.1 Å². The molecule has 0 aliphatic rings. The fourth-order valence-electron chi connectivity index (χ4n) is 3.17. The summed E-state index contributed by atoms with van der Waals surface area (Å²) in [6.07, 6.45) is 2.94. The Kier molecular flexibility index (Phi) is 11.4. The summed E-state index contributed by atoms with van der Waals surface area (Å²) in [4.78, 5) is 23.1. The van der Waals surface area contributed by atoms with Crippen molar-refractivity contribution in [3.63, 3.8) is 0 Å². The largest absolute Gasteiger partial charge is 0.493 e. The molecule has 14 nitrogen and oxygen atoms in total. The summed E-state index contributed by atoms with van der Waals surface area (Å²) in [5, 5.41) is 20.4. The standard InChI is InChI=1S/C26H30N6O8/c1-5-37-24(33)15-39-20-9-7-18(11-22(20)35-3)13-27-30-26-31-28-17-32(26)29-14-19-8-10-21(23(12-19)36-4)40-16-25(34)38-6-2/h7-12,14,17H,5-6,13,15-16H2,1-4H3. The fraction of sp³-hybridized carbons (Fsp3) is 0.346. The molecule has 0 atom stereocenters. The van der Waals surface area contributed by atoms with Gasteiger partial charge in [-0.05, 0) is 55.3 Å². The van der Waals surface area contributed by atoms with Gasteiger partial charge in [0, 0.05) is 0 Å². The van der Waals surface area contributed by atoms with Crippen LogP contribution < -0.4 is 18.9 Å². The number of rotatable bonds is 15. The van der Waals surface area contributed by atoms with Crippen molar-refractivity contribution in [2.75, 3.05) is 40.6 Å². The molecule has 14 heteroatoms. The Morgan fingerprint density at radius 2 is 1.50 bits per heavy atom. The molecular weight excluding hydrogens is 524 g/mol. The maximum Gasteiger partial charge on any atom is 0.344 e. The van der Waals surface area contributed by atoms with Crippen LogP contribution in [0.3, 0.4) is 0 Å². The van der Waals surface area contributed by atoms with Crippen LogP contribution in [0.4, 0.5) is 5.95 Å². The molecule has 3 rings (SSSR count). The molecule has 212 valence electrons. The summed E-state index contributed by atoms with van der Waals surface area (Å²) in [6.45, 7) is 3.76. The number of azo groups is 1. The smallest absolute Gasteiger partial charge is 0.344 e. The molecule has 3 aromatic rings. The number of ether oxygens (including phenoxy) is 6. The summed E-state index contributed by atoms with van der Waals surface area (Å²) in [5.41, 5.74) is 1.48. The Hall–Kier alpha value is -5.01. The average molecular weight is 555 g/mol. The van der Waals surface area contributed by atoms with Crippen molar-refractivity contribution in [2.24, 2.45) is 15.3 Å². The van der Waals surface area contributed by atoms with Gasteiger partial charge in [0.1, 0.15) is 6.33 Å². The molecule has 1 aromatic heterocycles. The van der Waals surface area contributed by atoms with Gasteiger partial charge in [-0.1, -0.05) is 6.07 Å². The van der Waals surface area contributed by atoms with Gasteiger partial charge in [-0.2, -0.15) is 14.9 Å². The zero-order valence-corrected chi connectivity index (χ0v) is 22.6. The number of esters is 2. The van der Waals surface area contributed by atoms with E-state index in [0.717, 1.165) is 5.56 Å². The molecule has 40 heavy (non-hydrogen) atoms. The van der Waals surface area contributed by atoms with Crippen LogP contribution in [0.25, 0.3) is 0 Å². The van der Waals surface area contributed by atoms with E-state index in [1.54, 1.807) is 56.5 Å². The number of aromatic nitrogens is 3. The molecule has 0 bridgehead atoms. The number of hydrogen-bond acceptors (Lipinski definition) is 13. The lowest BCUT2D eigenvalue weighted by Gasteiger charge is -2.11. The lowest BCUT2D eigenvalue weighted by molar-refractivity contribution is -0.146.